The van der Waals surface area contributed by atoms with Gasteiger partial charge in [0.15, 0.2) is 5.82 Å². The first kappa shape index (κ1) is 11.0. The second-order valence-corrected chi connectivity index (χ2v) is 2.90. The molecule has 0 saturated heterocycles. The summed E-state index contributed by atoms with van der Waals surface area (Å²) in [5, 5.41) is -1.42. The Kier molecular flexibility index (Phi) is 3.10. The first-order valence-corrected chi connectivity index (χ1v) is 4.02. The topological polar surface area (TPSA) is 25.2 Å². The molecule has 0 amide bonds. The normalized spacial score (nSPS) is 13.1. The van der Waals surface area contributed by atoms with E-state index in [1.165, 1.54) is 6.20 Å². The predicted molar refractivity (Wildman–Crippen MR) is 48.0 cm³/mol. The Hall–Kier alpha value is -1.10. The number of nitrogens with zero attached hydrogens (tertiary/aromatic N) is 2. The summed E-state index contributed by atoms with van der Waals surface area (Å²) in [5.41, 5.74) is 0.537. The lowest BCUT2D eigenvalue weighted by atomic mass is 10.3. The monoisotopic (exact) mass is 222 g/mol. The molecule has 14 heavy (non-hydrogen) atoms. The molecule has 1 heterocycles. The van der Waals surface area contributed by atoms with Crippen LogP contribution in [0.5, 0.6) is 0 Å². The van der Waals surface area contributed by atoms with Gasteiger partial charge in [-0.2, -0.15) is 13.2 Å². The van der Waals surface area contributed by atoms with Crippen molar-refractivity contribution in [3.63, 3.8) is 0 Å². The van der Waals surface area contributed by atoms with Gasteiger partial charge >= 0.3 is 6.18 Å². The van der Waals surface area contributed by atoms with Crippen molar-refractivity contribution >= 4 is 22.6 Å². The first-order chi connectivity index (χ1) is 6.41. The SMILES string of the molecule is Cc1cccnc1N=C(Cl)C(F)(F)F. The van der Waals surface area contributed by atoms with E-state index in [-0.39, 0.29) is 5.82 Å². The summed E-state index contributed by atoms with van der Waals surface area (Å²) in [6, 6.07) is 3.21. The number of pyridine rings is 1. The summed E-state index contributed by atoms with van der Waals surface area (Å²) < 4.78 is 35.9. The van der Waals surface area contributed by atoms with Crippen LogP contribution in [0.1, 0.15) is 5.56 Å². The fraction of sp³-hybridized carbons (Fsp3) is 0.250. The van der Waals surface area contributed by atoms with E-state index in [1.54, 1.807) is 19.1 Å². The maximum atomic E-state index is 12.0. The molecular weight excluding hydrogens is 217 g/mol. The zero-order valence-electron chi connectivity index (χ0n) is 7.14. The lowest BCUT2D eigenvalue weighted by Gasteiger charge is -2.03. The molecule has 0 bridgehead atoms. The minimum Gasteiger partial charge on any atom is -0.237 e. The highest BCUT2D eigenvalue weighted by molar-refractivity contribution is 6.67. The zero-order valence-corrected chi connectivity index (χ0v) is 7.89. The van der Waals surface area contributed by atoms with E-state index in [0.717, 1.165) is 0 Å². The minimum absolute atomic E-state index is 0.0187. The van der Waals surface area contributed by atoms with Gasteiger partial charge in [0.1, 0.15) is 0 Å². The molecule has 0 unspecified atom stereocenters. The van der Waals surface area contributed by atoms with Gasteiger partial charge in [-0.1, -0.05) is 17.7 Å². The van der Waals surface area contributed by atoms with Crippen LogP contribution in [0.2, 0.25) is 0 Å². The molecule has 0 aliphatic heterocycles. The van der Waals surface area contributed by atoms with Crippen LogP contribution in [0.4, 0.5) is 19.0 Å². The largest absolute Gasteiger partial charge is 0.444 e. The van der Waals surface area contributed by atoms with Crippen molar-refractivity contribution in [2.75, 3.05) is 0 Å². The molecule has 1 aromatic heterocycles. The lowest BCUT2D eigenvalue weighted by Crippen LogP contribution is -2.16. The highest BCUT2D eigenvalue weighted by Gasteiger charge is 2.34. The Bertz CT molecular complexity index is 360. The lowest BCUT2D eigenvalue weighted by molar-refractivity contribution is -0.0558. The van der Waals surface area contributed by atoms with E-state index < -0.39 is 11.3 Å². The third kappa shape index (κ3) is 2.70. The minimum atomic E-state index is -4.62. The number of hydrogen-bond acceptors (Lipinski definition) is 2. The van der Waals surface area contributed by atoms with E-state index in [2.05, 4.69) is 9.98 Å². The summed E-state index contributed by atoms with van der Waals surface area (Å²) in [6.07, 6.45) is -3.27. The van der Waals surface area contributed by atoms with Gasteiger partial charge in [-0.3, -0.25) is 0 Å². The molecule has 2 nitrogen and oxygen atoms in total. The molecule has 0 saturated carbocycles. The molecule has 0 fully saturated rings. The van der Waals surface area contributed by atoms with E-state index >= 15 is 0 Å². The van der Waals surface area contributed by atoms with Crippen molar-refractivity contribution in [2.24, 2.45) is 4.99 Å². The molecule has 0 aromatic carbocycles. The van der Waals surface area contributed by atoms with Gasteiger partial charge in [0.25, 0.3) is 0 Å². The Morgan fingerprint density at radius 3 is 2.64 bits per heavy atom. The van der Waals surface area contributed by atoms with Gasteiger partial charge in [0.2, 0.25) is 5.17 Å². The van der Waals surface area contributed by atoms with Crippen molar-refractivity contribution in [1.82, 2.24) is 4.98 Å². The number of hydrogen-bond donors (Lipinski definition) is 0. The number of aryl methyl sites for hydroxylation is 1. The summed E-state index contributed by atoms with van der Waals surface area (Å²) in [5.74, 6) is -0.0187. The molecule has 0 radical (unpaired) electrons. The van der Waals surface area contributed by atoms with Gasteiger partial charge in [0.05, 0.1) is 0 Å². The van der Waals surface area contributed by atoms with E-state index in [9.17, 15) is 13.2 Å². The number of halogens is 4. The van der Waals surface area contributed by atoms with Crippen molar-refractivity contribution in [3.05, 3.63) is 23.9 Å². The summed E-state index contributed by atoms with van der Waals surface area (Å²) in [6.45, 7) is 1.60. The fourth-order valence-corrected chi connectivity index (χ4v) is 0.831. The number of alkyl halides is 3. The number of aliphatic imine (C=N–C) groups is 1. The Morgan fingerprint density at radius 1 is 1.50 bits per heavy atom. The van der Waals surface area contributed by atoms with Gasteiger partial charge in [-0.05, 0) is 18.6 Å². The molecule has 1 rings (SSSR count). The third-order valence-electron chi connectivity index (χ3n) is 1.42. The van der Waals surface area contributed by atoms with Gasteiger partial charge in [-0.25, -0.2) is 9.98 Å². The third-order valence-corrected chi connectivity index (χ3v) is 1.72. The predicted octanol–water partition coefficient (Wildman–Crippen LogP) is 3.22. The molecule has 0 aliphatic carbocycles. The van der Waals surface area contributed by atoms with Crippen LogP contribution in [-0.2, 0) is 0 Å². The molecule has 0 atom stereocenters. The van der Waals surface area contributed by atoms with Crippen molar-refractivity contribution in [1.29, 1.82) is 0 Å². The Labute approximate surface area is 83.4 Å². The van der Waals surface area contributed by atoms with Gasteiger partial charge in [0, 0.05) is 6.20 Å². The molecule has 1 aromatic rings. The molecule has 0 N–H and O–H groups in total. The van der Waals surface area contributed by atoms with Crippen LogP contribution in [0, 0.1) is 6.92 Å². The summed E-state index contributed by atoms with van der Waals surface area (Å²) in [7, 11) is 0. The van der Waals surface area contributed by atoms with Crippen LogP contribution in [0.25, 0.3) is 0 Å². The van der Waals surface area contributed by atoms with Crippen LogP contribution < -0.4 is 0 Å². The molecule has 0 spiro atoms. The van der Waals surface area contributed by atoms with Crippen LogP contribution in [0.3, 0.4) is 0 Å². The second-order valence-electron chi connectivity index (χ2n) is 2.54. The van der Waals surface area contributed by atoms with Crippen LogP contribution in [-0.4, -0.2) is 16.3 Å². The zero-order chi connectivity index (χ0) is 10.8. The van der Waals surface area contributed by atoms with Gasteiger partial charge in [-0.15, -0.1) is 0 Å². The quantitative estimate of drug-likeness (QED) is 0.670. The van der Waals surface area contributed by atoms with Crippen LogP contribution >= 0.6 is 11.6 Å². The summed E-state index contributed by atoms with van der Waals surface area (Å²) >= 11 is 4.95. The Morgan fingerprint density at radius 2 is 2.14 bits per heavy atom. The van der Waals surface area contributed by atoms with Crippen molar-refractivity contribution in [3.8, 4) is 0 Å². The van der Waals surface area contributed by atoms with Crippen molar-refractivity contribution < 1.29 is 13.2 Å². The fourth-order valence-electron chi connectivity index (χ4n) is 0.751. The average Bonchev–Trinajstić information content (AvgIpc) is 2.07. The Balaban J connectivity index is 3.04. The molecule has 76 valence electrons. The number of rotatable bonds is 1. The van der Waals surface area contributed by atoms with Gasteiger partial charge < -0.3 is 0 Å². The van der Waals surface area contributed by atoms with E-state index in [4.69, 9.17) is 11.6 Å². The standard InChI is InChI=1S/C8H6ClF3N2/c1-5-3-2-4-13-6(5)14-7(9)8(10,11)12/h2-4H,1H3. The smallest absolute Gasteiger partial charge is 0.237 e. The molecule has 0 aliphatic rings. The van der Waals surface area contributed by atoms with Crippen LogP contribution in [0.15, 0.2) is 23.3 Å². The molecular formula is C8H6ClF3N2. The molecule has 6 heteroatoms. The summed E-state index contributed by atoms with van der Waals surface area (Å²) in [4.78, 5) is 6.84. The highest BCUT2D eigenvalue weighted by Crippen LogP contribution is 2.23. The second kappa shape index (κ2) is 3.96. The average molecular weight is 223 g/mol. The maximum Gasteiger partial charge on any atom is 0.444 e. The number of aromatic nitrogens is 1. The van der Waals surface area contributed by atoms with E-state index in [0.29, 0.717) is 5.56 Å². The maximum absolute atomic E-state index is 12.0. The van der Waals surface area contributed by atoms with Crippen molar-refractivity contribution in [2.45, 2.75) is 13.1 Å². The van der Waals surface area contributed by atoms with E-state index in [1.807, 2.05) is 0 Å². The highest BCUT2D eigenvalue weighted by atomic mass is 35.5. The first-order valence-electron chi connectivity index (χ1n) is 3.64.